The first-order valence-electron chi connectivity index (χ1n) is 20.0. The number of hydrogen-bond donors (Lipinski definition) is 3. The quantitative estimate of drug-likeness (QED) is 0.0843. The first kappa shape index (κ1) is 48.9. The van der Waals surface area contributed by atoms with Gasteiger partial charge >= 0.3 is 51.4 Å². The van der Waals surface area contributed by atoms with E-state index in [1.165, 1.54) is 0 Å². The number of hydrogen-bond acceptors (Lipinski definition) is 10. The van der Waals surface area contributed by atoms with Crippen molar-refractivity contribution in [2.45, 2.75) is 130 Å². The molecule has 0 saturated heterocycles. The van der Waals surface area contributed by atoms with Crippen molar-refractivity contribution in [2.24, 2.45) is 0 Å². The highest BCUT2D eigenvalue weighted by Crippen LogP contribution is 2.34. The summed E-state index contributed by atoms with van der Waals surface area (Å²) in [5.41, 5.74) is 0. The molecule has 6 unspecified atom stereocenters. The minimum Gasteiger partial charge on any atom is -0.508 e. The highest BCUT2D eigenvalue weighted by Gasteiger charge is 2.56. The van der Waals surface area contributed by atoms with Crippen molar-refractivity contribution in [1.82, 2.24) is 0 Å². The van der Waals surface area contributed by atoms with Crippen molar-refractivity contribution >= 4 is 83.6 Å². The Bertz CT molecular complexity index is 1710. The second-order valence-corrected chi connectivity index (χ2v) is 47.4. The van der Waals surface area contributed by atoms with Crippen LogP contribution in [0.4, 0.5) is 0 Å². The molecule has 3 rings (SSSR count). The normalized spacial score (nSPS) is 19.1. The van der Waals surface area contributed by atoms with Crippen LogP contribution in [0.15, 0.2) is 72.8 Å². The topological polar surface area (TPSA) is 125 Å². The average molecular weight is 912 g/mol. The smallest absolute Gasteiger partial charge is 0.351 e. The second kappa shape index (κ2) is 18.8. The predicted octanol–water partition coefficient (Wildman–Crippen LogP) is 8.88. The van der Waals surface area contributed by atoms with E-state index in [-0.39, 0.29) is 17.2 Å². The fraction of sp³-hybridized carbons (Fsp3) is 0.526. The molecule has 3 aromatic carbocycles. The summed E-state index contributed by atoms with van der Waals surface area (Å²) in [6.45, 7) is 32.1. The van der Waals surface area contributed by atoms with Gasteiger partial charge in [-0.05, 0) is 148 Å². The van der Waals surface area contributed by atoms with Gasteiger partial charge in [0.05, 0.1) is 0 Å². The molecule has 0 spiro atoms. The van der Waals surface area contributed by atoms with Gasteiger partial charge in [0.15, 0.2) is 16.6 Å². The lowest BCUT2D eigenvalue weighted by molar-refractivity contribution is 0.265. The third kappa shape index (κ3) is 13.0. The van der Waals surface area contributed by atoms with E-state index in [0.717, 1.165) is 33.7 Å². The summed E-state index contributed by atoms with van der Waals surface area (Å²) >= 11 is 0. The van der Waals surface area contributed by atoms with Crippen LogP contribution in [0.25, 0.3) is 0 Å². The summed E-state index contributed by atoms with van der Waals surface area (Å²) in [5.74, 6) is 0.508. The van der Waals surface area contributed by atoms with Crippen molar-refractivity contribution in [3.05, 3.63) is 72.8 Å². The van der Waals surface area contributed by atoms with Crippen molar-refractivity contribution in [2.75, 3.05) is 0 Å². The highest BCUT2D eigenvalue weighted by atomic mass is 28.5. The van der Waals surface area contributed by atoms with Gasteiger partial charge in [-0.15, -0.1) is 0 Å². The van der Waals surface area contributed by atoms with E-state index >= 15 is 0 Å². The number of phenols is 3. The van der Waals surface area contributed by atoms with Gasteiger partial charge in [0.2, 0.25) is 0 Å². The standard InChI is InChI=1S/C38H70O10Si8/c1-16-49(6,7)42-51(10,18-3)44-55(14,37-29-23-34(40)24-30-37)47-53(12,20-5)48-56(15,38-31-25-35(41)26-32-38)46-52(11,19-4)45-54(13,43-50(8,9)17-2)36-27-21-33(39)22-28-36/h21-32,39-41H,16-20H2,1-15H3. The monoisotopic (exact) mass is 910 g/mol. The third-order valence-electron chi connectivity index (χ3n) is 10.8. The average Bonchev–Trinajstić information content (AvgIpc) is 3.11. The van der Waals surface area contributed by atoms with Crippen LogP contribution in [0.3, 0.4) is 0 Å². The molecule has 0 radical (unpaired) electrons. The number of benzene rings is 3. The maximum absolute atomic E-state index is 10.4. The summed E-state index contributed by atoms with van der Waals surface area (Å²) in [6, 6.07) is 25.3. The predicted molar refractivity (Wildman–Crippen MR) is 248 cm³/mol. The fourth-order valence-corrected chi connectivity index (χ4v) is 44.9. The summed E-state index contributed by atoms with van der Waals surface area (Å²) in [7, 11) is -23.1. The van der Waals surface area contributed by atoms with E-state index in [1.54, 1.807) is 36.4 Å². The summed E-state index contributed by atoms with van der Waals surface area (Å²) in [4.78, 5) is 0. The molecule has 0 aromatic heterocycles. The Labute approximate surface area is 346 Å². The molecule has 0 aliphatic rings. The summed E-state index contributed by atoms with van der Waals surface area (Å²) in [5, 5.41) is 33.5. The minimum absolute atomic E-state index is 0.152. The Hall–Kier alpha value is -1.48. The van der Waals surface area contributed by atoms with E-state index in [2.05, 4.69) is 100 Å². The SMILES string of the molecule is CC[Si](C)(C)O[Si](C)(CC)O[Si](C)(O[Si](C)(CC)O[Si](C)(O[Si](C)(CC)O[Si](C)(O[Si](C)(C)CC)c1ccc(O)cc1)c1ccc(O)cc1)c1ccc(O)cc1. The molecule has 0 heterocycles. The van der Waals surface area contributed by atoms with Gasteiger partial charge in [-0.25, -0.2) is 0 Å². The molecule has 0 bridgehead atoms. The van der Waals surface area contributed by atoms with Crippen molar-refractivity contribution < 1.29 is 44.1 Å². The van der Waals surface area contributed by atoms with Crippen LogP contribution in [-0.2, 0) is 28.8 Å². The van der Waals surface area contributed by atoms with E-state index in [1.807, 2.05) is 36.4 Å². The van der Waals surface area contributed by atoms with Gasteiger partial charge in [0, 0.05) is 0 Å². The fourth-order valence-electron chi connectivity index (χ4n) is 6.52. The van der Waals surface area contributed by atoms with Gasteiger partial charge in [-0.1, -0.05) is 71.0 Å². The summed E-state index contributed by atoms with van der Waals surface area (Å²) in [6.07, 6.45) is 0. The number of phenolic OH excluding ortho intramolecular Hbond substituents is 3. The van der Waals surface area contributed by atoms with Gasteiger partial charge < -0.3 is 44.1 Å². The van der Waals surface area contributed by atoms with Crippen molar-refractivity contribution in [1.29, 1.82) is 0 Å². The molecule has 0 fully saturated rings. The maximum Gasteiger partial charge on any atom is 0.351 e. The zero-order chi connectivity index (χ0) is 42.4. The molecular formula is C38H70O10Si8. The second-order valence-electron chi connectivity index (χ2n) is 16.9. The molecule has 3 aromatic rings. The number of aromatic hydroxyl groups is 3. The van der Waals surface area contributed by atoms with E-state index in [4.69, 9.17) is 28.8 Å². The van der Waals surface area contributed by atoms with E-state index in [9.17, 15) is 15.3 Å². The molecular weight excluding hydrogens is 841 g/mol. The highest BCUT2D eigenvalue weighted by molar-refractivity contribution is 6.99. The lowest BCUT2D eigenvalue weighted by atomic mass is 10.3. The third-order valence-corrected chi connectivity index (χ3v) is 46.4. The van der Waals surface area contributed by atoms with Crippen LogP contribution in [-0.4, -0.2) is 83.3 Å². The van der Waals surface area contributed by atoms with Crippen LogP contribution in [0.5, 0.6) is 17.2 Å². The van der Waals surface area contributed by atoms with Crippen LogP contribution < -0.4 is 15.6 Å². The molecule has 18 heteroatoms. The van der Waals surface area contributed by atoms with E-state index in [0.29, 0.717) is 12.1 Å². The molecule has 3 N–H and O–H groups in total. The Balaban J connectivity index is 2.18. The molecule has 314 valence electrons. The number of rotatable bonds is 22. The van der Waals surface area contributed by atoms with Gasteiger partial charge in [0.25, 0.3) is 0 Å². The van der Waals surface area contributed by atoms with E-state index < -0.39 is 68.0 Å². The van der Waals surface area contributed by atoms with Gasteiger partial charge in [-0.2, -0.15) is 0 Å². The lowest BCUT2D eigenvalue weighted by Crippen LogP contribution is -2.70. The maximum atomic E-state index is 10.4. The van der Waals surface area contributed by atoms with Gasteiger partial charge in [-0.3, -0.25) is 0 Å². The molecule has 56 heavy (non-hydrogen) atoms. The first-order valence-corrected chi connectivity index (χ1v) is 40.8. The van der Waals surface area contributed by atoms with Crippen LogP contribution in [0, 0.1) is 0 Å². The Morgan fingerprint density at radius 3 is 0.768 bits per heavy atom. The molecule has 10 nitrogen and oxygen atoms in total. The van der Waals surface area contributed by atoms with Crippen molar-refractivity contribution in [3.63, 3.8) is 0 Å². The Kier molecular flexibility index (Phi) is 16.4. The summed E-state index contributed by atoms with van der Waals surface area (Å²) < 4.78 is 51.2. The molecule has 0 aliphatic carbocycles. The zero-order valence-electron chi connectivity index (χ0n) is 36.7. The Morgan fingerprint density at radius 2 is 0.536 bits per heavy atom. The lowest BCUT2D eigenvalue weighted by Gasteiger charge is -2.47. The van der Waals surface area contributed by atoms with Crippen molar-refractivity contribution in [3.8, 4) is 17.2 Å². The molecule has 6 atom stereocenters. The van der Waals surface area contributed by atoms with Crippen LogP contribution >= 0.6 is 0 Å². The largest absolute Gasteiger partial charge is 0.508 e. The minimum atomic E-state index is -3.44. The molecule has 0 aliphatic heterocycles. The first-order chi connectivity index (χ1) is 25.8. The van der Waals surface area contributed by atoms with Crippen LogP contribution in [0.2, 0.25) is 95.7 Å². The van der Waals surface area contributed by atoms with Gasteiger partial charge in [0.1, 0.15) is 17.2 Å². The van der Waals surface area contributed by atoms with Crippen LogP contribution in [0.1, 0.15) is 34.6 Å². The Morgan fingerprint density at radius 1 is 0.321 bits per heavy atom. The molecule has 0 saturated carbocycles. The molecule has 0 amide bonds. The zero-order valence-corrected chi connectivity index (χ0v) is 44.7.